The monoisotopic (exact) mass is 381 g/mol. The summed E-state index contributed by atoms with van der Waals surface area (Å²) in [6.07, 6.45) is 6.99. The number of likely N-dealkylation sites (tertiary alicyclic amines) is 1. The number of aromatic nitrogens is 1. The van der Waals surface area contributed by atoms with Gasteiger partial charge in [-0.05, 0) is 51.0 Å². The number of amides is 1. The summed E-state index contributed by atoms with van der Waals surface area (Å²) >= 11 is 5.79. The molecule has 2 aliphatic heterocycles. The van der Waals surface area contributed by atoms with Gasteiger partial charge in [-0.25, -0.2) is 9.37 Å². The number of carbonyl (C=O) groups excluding carboxylic acids is 1. The van der Waals surface area contributed by atoms with Crippen molar-refractivity contribution in [3.8, 4) is 0 Å². The highest BCUT2D eigenvalue weighted by molar-refractivity contribution is 6.30. The number of hydrogen-bond acceptors (Lipinski definition) is 4. The van der Waals surface area contributed by atoms with Crippen LogP contribution < -0.4 is 4.90 Å². The van der Waals surface area contributed by atoms with Crippen molar-refractivity contribution >= 4 is 23.3 Å². The second-order valence-electron chi connectivity index (χ2n) is 7.94. The van der Waals surface area contributed by atoms with Crippen molar-refractivity contribution in [3.05, 3.63) is 23.1 Å². The van der Waals surface area contributed by atoms with E-state index < -0.39 is 5.82 Å². The lowest BCUT2D eigenvalue weighted by molar-refractivity contribution is -0.139. The summed E-state index contributed by atoms with van der Waals surface area (Å²) in [7, 11) is 0. The van der Waals surface area contributed by atoms with Crippen molar-refractivity contribution in [3.63, 3.8) is 0 Å². The molecule has 3 fully saturated rings. The minimum absolute atomic E-state index is 0.206. The van der Waals surface area contributed by atoms with Crippen molar-refractivity contribution in [2.24, 2.45) is 5.41 Å². The lowest BCUT2D eigenvalue weighted by atomic mass is 9.77. The van der Waals surface area contributed by atoms with E-state index in [1.807, 2.05) is 4.90 Å². The van der Waals surface area contributed by atoms with Crippen LogP contribution >= 0.6 is 11.6 Å². The number of aliphatic hydroxyl groups is 1. The summed E-state index contributed by atoms with van der Waals surface area (Å²) < 4.78 is 14.1. The fourth-order valence-electron chi connectivity index (χ4n) is 4.82. The second-order valence-corrected chi connectivity index (χ2v) is 8.37. The van der Waals surface area contributed by atoms with Gasteiger partial charge >= 0.3 is 0 Å². The van der Waals surface area contributed by atoms with Crippen molar-refractivity contribution in [1.82, 2.24) is 9.88 Å². The van der Waals surface area contributed by atoms with E-state index >= 15 is 0 Å². The molecular weight excluding hydrogens is 357 g/mol. The molecule has 26 heavy (non-hydrogen) atoms. The number of aliphatic hydroxyl groups excluding tert-OH is 1. The number of pyridine rings is 1. The molecule has 0 unspecified atom stereocenters. The third-order valence-electron chi connectivity index (χ3n) is 6.46. The Morgan fingerprint density at radius 3 is 2.46 bits per heavy atom. The molecule has 3 aliphatic rings. The number of nitrogens with zero attached hydrogens (tertiary/aromatic N) is 3. The molecule has 1 amide bonds. The van der Waals surface area contributed by atoms with Crippen molar-refractivity contribution in [2.75, 3.05) is 24.5 Å². The van der Waals surface area contributed by atoms with Gasteiger partial charge in [0.1, 0.15) is 0 Å². The first-order valence-corrected chi connectivity index (χ1v) is 9.91. The van der Waals surface area contributed by atoms with Crippen LogP contribution in [-0.4, -0.2) is 52.7 Å². The van der Waals surface area contributed by atoms with Crippen molar-refractivity contribution in [2.45, 2.75) is 57.1 Å². The van der Waals surface area contributed by atoms with Crippen LogP contribution in [0.15, 0.2) is 12.3 Å². The summed E-state index contributed by atoms with van der Waals surface area (Å²) in [5.41, 5.74) is -0.296. The Balaban J connectivity index is 1.41. The number of piperidine rings is 1. The lowest BCUT2D eigenvalue weighted by Gasteiger charge is -2.40. The molecule has 1 aromatic heterocycles. The average molecular weight is 382 g/mol. The number of halogens is 2. The molecule has 0 radical (unpaired) electrons. The zero-order valence-corrected chi connectivity index (χ0v) is 15.6. The lowest BCUT2D eigenvalue weighted by Crippen LogP contribution is -2.47. The van der Waals surface area contributed by atoms with Gasteiger partial charge in [-0.2, -0.15) is 0 Å². The second kappa shape index (κ2) is 6.97. The molecule has 0 aromatic carbocycles. The van der Waals surface area contributed by atoms with E-state index in [0.717, 1.165) is 51.5 Å². The van der Waals surface area contributed by atoms with Crippen LogP contribution in [0.1, 0.15) is 44.9 Å². The van der Waals surface area contributed by atoms with Gasteiger partial charge in [-0.1, -0.05) is 11.6 Å². The number of rotatable bonds is 2. The first kappa shape index (κ1) is 18.0. The summed E-state index contributed by atoms with van der Waals surface area (Å²) in [5.74, 6) is 0.185. The zero-order valence-electron chi connectivity index (χ0n) is 14.8. The van der Waals surface area contributed by atoms with Crippen LogP contribution in [0.2, 0.25) is 5.02 Å². The van der Waals surface area contributed by atoms with E-state index in [4.69, 9.17) is 11.6 Å². The van der Waals surface area contributed by atoms with Gasteiger partial charge in [0.05, 0.1) is 16.5 Å². The smallest absolute Gasteiger partial charge is 0.229 e. The van der Waals surface area contributed by atoms with Gasteiger partial charge in [0, 0.05) is 31.9 Å². The third kappa shape index (κ3) is 3.18. The number of hydrogen-bond donors (Lipinski definition) is 1. The highest BCUT2D eigenvalue weighted by Crippen LogP contribution is 2.44. The maximum absolute atomic E-state index is 14.1. The number of anilines is 1. The predicted octanol–water partition coefficient (Wildman–Crippen LogP) is 3.00. The minimum Gasteiger partial charge on any atom is -0.393 e. The normalized spacial score (nSPS) is 28.8. The van der Waals surface area contributed by atoms with Gasteiger partial charge in [0.15, 0.2) is 11.6 Å². The molecule has 1 spiro atoms. The van der Waals surface area contributed by atoms with E-state index in [0.29, 0.717) is 23.9 Å². The molecule has 1 aliphatic carbocycles. The van der Waals surface area contributed by atoms with Gasteiger partial charge < -0.3 is 14.9 Å². The van der Waals surface area contributed by atoms with Crippen molar-refractivity contribution < 1.29 is 14.3 Å². The third-order valence-corrected chi connectivity index (χ3v) is 6.67. The van der Waals surface area contributed by atoms with E-state index in [2.05, 4.69) is 9.88 Å². The van der Waals surface area contributed by atoms with Gasteiger partial charge in [0.2, 0.25) is 5.91 Å². The molecule has 1 N–H and O–H groups in total. The van der Waals surface area contributed by atoms with Crippen LogP contribution in [0.25, 0.3) is 0 Å². The topological polar surface area (TPSA) is 56.7 Å². The Morgan fingerprint density at radius 1 is 1.15 bits per heavy atom. The van der Waals surface area contributed by atoms with Crippen LogP contribution in [0.3, 0.4) is 0 Å². The highest BCUT2D eigenvalue weighted by atomic mass is 35.5. The summed E-state index contributed by atoms with van der Waals surface area (Å²) in [6.45, 7) is 2.08. The Morgan fingerprint density at radius 2 is 1.81 bits per heavy atom. The molecule has 1 saturated carbocycles. The SMILES string of the molecule is O=C1N(C2CCC(O)CC2)CCC12CCN(c1ncc(Cl)cc1F)CC2. The van der Waals surface area contributed by atoms with Crippen LogP contribution in [0.5, 0.6) is 0 Å². The molecule has 1 aromatic rings. The molecule has 0 atom stereocenters. The molecule has 3 heterocycles. The summed E-state index contributed by atoms with van der Waals surface area (Å²) in [4.78, 5) is 21.3. The van der Waals surface area contributed by atoms with Crippen LogP contribution in [-0.2, 0) is 4.79 Å². The molecule has 7 heteroatoms. The maximum atomic E-state index is 14.1. The number of carbonyl (C=O) groups is 1. The highest BCUT2D eigenvalue weighted by Gasteiger charge is 2.50. The Kier molecular flexibility index (Phi) is 4.82. The zero-order chi connectivity index (χ0) is 18.3. The van der Waals surface area contributed by atoms with E-state index in [1.54, 1.807) is 0 Å². The molecule has 142 valence electrons. The summed E-state index contributed by atoms with van der Waals surface area (Å²) in [6, 6.07) is 1.56. The Bertz CT molecular complexity index is 685. The average Bonchev–Trinajstić information content (AvgIpc) is 2.94. The first-order valence-electron chi connectivity index (χ1n) is 9.54. The maximum Gasteiger partial charge on any atom is 0.229 e. The predicted molar refractivity (Wildman–Crippen MR) is 97.7 cm³/mol. The van der Waals surface area contributed by atoms with E-state index in [9.17, 15) is 14.3 Å². The molecular formula is C19H25ClFN3O2. The fourth-order valence-corrected chi connectivity index (χ4v) is 4.96. The Hall–Kier alpha value is -1.40. The fraction of sp³-hybridized carbons (Fsp3) is 0.684. The van der Waals surface area contributed by atoms with Gasteiger partial charge in [0.25, 0.3) is 0 Å². The molecule has 2 saturated heterocycles. The van der Waals surface area contributed by atoms with Crippen LogP contribution in [0, 0.1) is 11.2 Å². The van der Waals surface area contributed by atoms with Gasteiger partial charge in [-0.15, -0.1) is 0 Å². The van der Waals surface area contributed by atoms with Crippen LogP contribution in [0.4, 0.5) is 10.2 Å². The largest absolute Gasteiger partial charge is 0.393 e. The van der Waals surface area contributed by atoms with Crippen molar-refractivity contribution in [1.29, 1.82) is 0 Å². The standard InChI is InChI=1S/C19H25ClFN3O2/c20-13-11-16(21)17(22-12-13)23-8-5-19(6-9-23)7-10-24(18(19)26)14-1-3-15(25)4-2-14/h11-12,14-15,25H,1-10H2. The molecule has 4 rings (SSSR count). The summed E-state index contributed by atoms with van der Waals surface area (Å²) in [5, 5.41) is 9.99. The quantitative estimate of drug-likeness (QED) is 0.855. The van der Waals surface area contributed by atoms with E-state index in [1.165, 1.54) is 12.3 Å². The minimum atomic E-state index is -0.409. The molecule has 0 bridgehead atoms. The first-order chi connectivity index (χ1) is 12.5. The molecule has 5 nitrogen and oxygen atoms in total. The Labute approximate surface area is 158 Å². The van der Waals surface area contributed by atoms with Gasteiger partial charge in [-0.3, -0.25) is 4.79 Å². The van der Waals surface area contributed by atoms with E-state index in [-0.39, 0.29) is 23.5 Å².